The monoisotopic (exact) mass is 346 g/mol. The van der Waals surface area contributed by atoms with Crippen molar-refractivity contribution >= 4 is 27.5 Å². The summed E-state index contributed by atoms with van der Waals surface area (Å²) in [7, 11) is 0. The van der Waals surface area contributed by atoms with Crippen LogP contribution in [0.2, 0.25) is 0 Å². The summed E-state index contributed by atoms with van der Waals surface area (Å²) in [5, 5.41) is 4.36. The van der Waals surface area contributed by atoms with Gasteiger partial charge in [0.2, 0.25) is 0 Å². The molecule has 5 heteroatoms. The minimum absolute atomic E-state index is 0.127. The normalized spacial score (nSPS) is 21.8. The molecule has 2 heterocycles. The van der Waals surface area contributed by atoms with Gasteiger partial charge in [-0.2, -0.15) is 0 Å². The lowest BCUT2D eigenvalue weighted by molar-refractivity contribution is -0.929. The number of piperidine rings is 1. The van der Waals surface area contributed by atoms with Gasteiger partial charge >= 0.3 is 0 Å². The summed E-state index contributed by atoms with van der Waals surface area (Å²) in [6.45, 7) is 7.88. The Hall–Kier alpha value is -1.46. The molecule has 1 unspecified atom stereocenters. The number of para-hydroxylation sites is 1. The zero-order valence-corrected chi connectivity index (χ0v) is 15.7. The molecule has 0 saturated carbocycles. The number of quaternary nitrogens is 1. The quantitative estimate of drug-likeness (QED) is 0.874. The van der Waals surface area contributed by atoms with E-state index in [0.29, 0.717) is 12.6 Å². The van der Waals surface area contributed by atoms with Crippen LogP contribution in [0, 0.1) is 0 Å². The molecular formula is C19H28N3OS+. The van der Waals surface area contributed by atoms with Gasteiger partial charge in [-0.3, -0.25) is 4.79 Å². The minimum Gasteiger partial charge on any atom is -0.346 e. The highest BCUT2D eigenvalue weighted by molar-refractivity contribution is 7.18. The van der Waals surface area contributed by atoms with Crippen LogP contribution in [-0.2, 0) is 4.79 Å². The van der Waals surface area contributed by atoms with Crippen LogP contribution < -0.4 is 10.2 Å². The van der Waals surface area contributed by atoms with Gasteiger partial charge in [0, 0.05) is 12.0 Å². The summed E-state index contributed by atoms with van der Waals surface area (Å²) in [6.07, 6.45) is 4.49. The average Bonchev–Trinajstić information content (AvgIpc) is 2.98. The Labute approximate surface area is 148 Å². The molecule has 1 aliphatic rings. The lowest BCUT2D eigenvalue weighted by Gasteiger charge is -2.32. The predicted octanol–water partition coefficient (Wildman–Crippen LogP) is 2.71. The van der Waals surface area contributed by atoms with Crippen molar-refractivity contribution < 1.29 is 9.69 Å². The van der Waals surface area contributed by atoms with Gasteiger partial charge in [0.25, 0.3) is 5.91 Å². The van der Waals surface area contributed by atoms with Crippen molar-refractivity contribution in [2.24, 2.45) is 0 Å². The lowest BCUT2D eigenvalue weighted by atomic mass is 10.0. The Balaban J connectivity index is 1.74. The molecule has 130 valence electrons. The predicted molar refractivity (Wildman–Crippen MR) is 99.4 cm³/mol. The van der Waals surface area contributed by atoms with Crippen LogP contribution in [0.5, 0.6) is 0 Å². The Morgan fingerprint density at radius 1 is 1.38 bits per heavy atom. The van der Waals surface area contributed by atoms with Gasteiger partial charge in [-0.1, -0.05) is 19.1 Å². The third-order valence-corrected chi connectivity index (χ3v) is 6.24. The number of nitrogens with one attached hydrogen (secondary N) is 2. The molecule has 4 nitrogen and oxygen atoms in total. The summed E-state index contributed by atoms with van der Waals surface area (Å²) in [4.78, 5) is 18.7. The van der Waals surface area contributed by atoms with Crippen LogP contribution in [0.25, 0.3) is 10.2 Å². The van der Waals surface area contributed by atoms with Gasteiger partial charge in [-0.05, 0) is 45.2 Å². The number of thiazole rings is 1. The molecule has 3 rings (SSSR count). The third kappa shape index (κ3) is 3.95. The number of hydrogen-bond donors (Lipinski definition) is 2. The van der Waals surface area contributed by atoms with Crippen molar-refractivity contribution in [2.75, 3.05) is 13.1 Å². The fraction of sp³-hybridized carbons (Fsp3) is 0.579. The highest BCUT2D eigenvalue weighted by Gasteiger charge is 2.32. The second-order valence-corrected chi connectivity index (χ2v) is 8.50. The molecule has 0 spiro atoms. The van der Waals surface area contributed by atoms with E-state index in [9.17, 15) is 4.79 Å². The van der Waals surface area contributed by atoms with Gasteiger partial charge in [-0.15, -0.1) is 11.3 Å². The fourth-order valence-corrected chi connectivity index (χ4v) is 4.50. The molecule has 1 aliphatic heterocycles. The Kier molecular flexibility index (Phi) is 5.21. The van der Waals surface area contributed by atoms with E-state index in [-0.39, 0.29) is 11.4 Å². The van der Waals surface area contributed by atoms with Crippen LogP contribution >= 0.6 is 11.3 Å². The number of rotatable bonds is 5. The first-order chi connectivity index (χ1) is 11.5. The van der Waals surface area contributed by atoms with E-state index in [0.717, 1.165) is 24.9 Å². The number of fused-ring (bicyclic) bond motifs is 1. The first kappa shape index (κ1) is 17.4. The van der Waals surface area contributed by atoms with Crippen molar-refractivity contribution in [1.82, 2.24) is 10.3 Å². The molecule has 2 N–H and O–H groups in total. The number of aromatic nitrogens is 1. The lowest BCUT2D eigenvalue weighted by Crippen LogP contribution is -3.14. The van der Waals surface area contributed by atoms with Gasteiger partial charge < -0.3 is 10.2 Å². The third-order valence-electron chi connectivity index (χ3n) is 5.09. The van der Waals surface area contributed by atoms with Crippen LogP contribution in [0.1, 0.15) is 57.5 Å². The molecule has 0 radical (unpaired) electrons. The van der Waals surface area contributed by atoms with Gasteiger partial charge in [0.15, 0.2) is 11.6 Å². The van der Waals surface area contributed by atoms with Gasteiger partial charge in [-0.25, -0.2) is 4.98 Å². The first-order valence-corrected chi connectivity index (χ1v) is 9.81. The second kappa shape index (κ2) is 7.19. The fourth-order valence-electron chi connectivity index (χ4n) is 3.34. The maximum Gasteiger partial charge on any atom is 0.275 e. The largest absolute Gasteiger partial charge is 0.346 e. The van der Waals surface area contributed by atoms with E-state index in [1.807, 2.05) is 6.07 Å². The van der Waals surface area contributed by atoms with Crippen LogP contribution in [0.3, 0.4) is 0 Å². The molecule has 1 aromatic heterocycles. The SMILES string of the molecule is CCC(C)(C)NC(=O)C[NH+]1CCCC[C@@H]1c1nc2ccccc2s1. The second-order valence-electron chi connectivity index (χ2n) is 7.44. The van der Waals surface area contributed by atoms with E-state index >= 15 is 0 Å². The molecule has 1 fully saturated rings. The van der Waals surface area contributed by atoms with Gasteiger partial charge in [0.1, 0.15) is 6.04 Å². The van der Waals surface area contributed by atoms with E-state index in [4.69, 9.17) is 4.98 Å². The number of carbonyl (C=O) groups excluding carboxylic acids is 1. The molecule has 2 atom stereocenters. The van der Waals surface area contributed by atoms with E-state index in [1.54, 1.807) is 11.3 Å². The van der Waals surface area contributed by atoms with Crippen molar-refractivity contribution in [3.63, 3.8) is 0 Å². The number of amides is 1. The highest BCUT2D eigenvalue weighted by atomic mass is 32.1. The highest BCUT2D eigenvalue weighted by Crippen LogP contribution is 2.28. The smallest absolute Gasteiger partial charge is 0.275 e. The Morgan fingerprint density at radius 3 is 2.92 bits per heavy atom. The zero-order chi connectivity index (χ0) is 17.2. The average molecular weight is 347 g/mol. The topological polar surface area (TPSA) is 46.4 Å². The number of likely N-dealkylation sites (tertiary alicyclic amines) is 1. The molecule has 0 aliphatic carbocycles. The first-order valence-electron chi connectivity index (χ1n) is 8.99. The summed E-state index contributed by atoms with van der Waals surface area (Å²) in [6, 6.07) is 8.67. The number of carbonyl (C=O) groups is 1. The Bertz CT molecular complexity index is 676. The standard InChI is InChI=1S/C19H27N3OS/c1-4-19(2,3)21-17(23)13-22-12-8-7-10-15(22)18-20-14-9-5-6-11-16(14)24-18/h5-6,9,11,15H,4,7-8,10,12-13H2,1-3H3,(H,21,23)/p+1/t15-/m1/s1. The maximum atomic E-state index is 12.5. The minimum atomic E-state index is -0.127. The zero-order valence-electron chi connectivity index (χ0n) is 14.9. The number of benzene rings is 1. The molecule has 1 saturated heterocycles. The summed E-state index contributed by atoms with van der Waals surface area (Å²) >= 11 is 1.79. The molecule has 1 amide bonds. The van der Waals surface area contributed by atoms with E-state index < -0.39 is 0 Å². The molecule has 2 aromatic rings. The van der Waals surface area contributed by atoms with Crippen LogP contribution in [0.15, 0.2) is 24.3 Å². The van der Waals surface area contributed by atoms with E-state index in [1.165, 1.54) is 27.4 Å². The van der Waals surface area contributed by atoms with Crippen LogP contribution in [-0.4, -0.2) is 29.5 Å². The summed E-state index contributed by atoms with van der Waals surface area (Å²) in [5.41, 5.74) is 0.955. The summed E-state index contributed by atoms with van der Waals surface area (Å²) < 4.78 is 1.24. The molecule has 1 aromatic carbocycles. The summed E-state index contributed by atoms with van der Waals surface area (Å²) in [5.74, 6) is 0.157. The molecule has 24 heavy (non-hydrogen) atoms. The maximum absolute atomic E-state index is 12.5. The van der Waals surface area contributed by atoms with Crippen LogP contribution in [0.4, 0.5) is 0 Å². The van der Waals surface area contributed by atoms with Gasteiger partial charge in [0.05, 0.1) is 16.8 Å². The molecule has 0 bridgehead atoms. The van der Waals surface area contributed by atoms with Crippen molar-refractivity contribution in [3.05, 3.63) is 29.3 Å². The van der Waals surface area contributed by atoms with E-state index in [2.05, 4.69) is 44.3 Å². The van der Waals surface area contributed by atoms with Crippen molar-refractivity contribution in [1.29, 1.82) is 0 Å². The Morgan fingerprint density at radius 2 is 2.17 bits per heavy atom. The molecular weight excluding hydrogens is 318 g/mol. The van der Waals surface area contributed by atoms with Crippen molar-refractivity contribution in [3.8, 4) is 0 Å². The number of nitrogens with zero attached hydrogens (tertiary/aromatic N) is 1. The van der Waals surface area contributed by atoms with Crippen molar-refractivity contribution in [2.45, 2.75) is 58.0 Å². The number of hydrogen-bond acceptors (Lipinski definition) is 3.